The van der Waals surface area contributed by atoms with Gasteiger partial charge in [0.1, 0.15) is 11.6 Å². The number of pyridine rings is 1. The highest BCUT2D eigenvalue weighted by atomic mass is 32.2. The Bertz CT molecular complexity index is 1430. The molecule has 0 aliphatic carbocycles. The van der Waals surface area contributed by atoms with Gasteiger partial charge < -0.3 is 9.52 Å². The summed E-state index contributed by atoms with van der Waals surface area (Å²) in [6.07, 6.45) is 3.09. The van der Waals surface area contributed by atoms with Crippen LogP contribution in [-0.4, -0.2) is 32.0 Å². The number of benzene rings is 1. The lowest BCUT2D eigenvalue weighted by Gasteiger charge is -2.23. The molecule has 8 nitrogen and oxygen atoms in total. The van der Waals surface area contributed by atoms with Gasteiger partial charge in [0.25, 0.3) is 5.91 Å². The van der Waals surface area contributed by atoms with Crippen molar-refractivity contribution in [3.63, 3.8) is 0 Å². The molecule has 1 aliphatic heterocycles. The minimum Gasteiger partial charge on any atom is -0.503 e. The number of hydrogen-bond donors (Lipinski definition) is 1. The van der Waals surface area contributed by atoms with Crippen LogP contribution in [0, 0.1) is 12.7 Å². The molecule has 0 bridgehead atoms. The monoisotopic (exact) mass is 508 g/mol. The zero-order valence-corrected chi connectivity index (χ0v) is 19.8. The van der Waals surface area contributed by atoms with Crippen molar-refractivity contribution in [2.24, 2.45) is 0 Å². The Labute approximate surface area is 207 Å². The molecule has 176 valence electrons. The SMILES string of the molecule is Cc1ccc(C(=O)C2=C(O)C(=O)N(c3nnc(SCc4ccc(F)cc4)s3)[C@H]2c2cccnc2)o1. The van der Waals surface area contributed by atoms with Crippen LogP contribution in [0.2, 0.25) is 0 Å². The summed E-state index contributed by atoms with van der Waals surface area (Å²) in [6.45, 7) is 1.70. The van der Waals surface area contributed by atoms with E-state index in [4.69, 9.17) is 4.42 Å². The van der Waals surface area contributed by atoms with Gasteiger partial charge in [0.05, 0.1) is 11.6 Å². The Morgan fingerprint density at radius 3 is 2.69 bits per heavy atom. The van der Waals surface area contributed by atoms with E-state index >= 15 is 0 Å². The first-order valence-corrected chi connectivity index (χ1v) is 12.2. The Morgan fingerprint density at radius 2 is 2.00 bits per heavy atom. The van der Waals surface area contributed by atoms with Crippen LogP contribution in [0.1, 0.15) is 33.5 Å². The molecular formula is C24H17FN4O4S2. The van der Waals surface area contributed by atoms with Crippen LogP contribution in [-0.2, 0) is 10.5 Å². The van der Waals surface area contributed by atoms with Gasteiger partial charge in [-0.3, -0.25) is 19.5 Å². The molecule has 4 aromatic rings. The summed E-state index contributed by atoms with van der Waals surface area (Å²) in [7, 11) is 0. The molecule has 5 rings (SSSR count). The fourth-order valence-electron chi connectivity index (χ4n) is 3.66. The maximum atomic E-state index is 13.3. The maximum absolute atomic E-state index is 13.3. The van der Waals surface area contributed by atoms with E-state index in [-0.39, 0.29) is 22.3 Å². The van der Waals surface area contributed by atoms with Crippen molar-refractivity contribution in [1.29, 1.82) is 0 Å². The van der Waals surface area contributed by atoms with Gasteiger partial charge in [-0.2, -0.15) is 0 Å². The van der Waals surface area contributed by atoms with Crippen LogP contribution in [0.4, 0.5) is 9.52 Å². The number of carbonyl (C=O) groups excluding carboxylic acids is 2. The number of aliphatic hydroxyl groups is 1. The molecule has 1 N–H and O–H groups in total. The summed E-state index contributed by atoms with van der Waals surface area (Å²) < 4.78 is 19.2. The van der Waals surface area contributed by atoms with Gasteiger partial charge in [-0.25, -0.2) is 4.39 Å². The first-order chi connectivity index (χ1) is 16.9. The Kier molecular flexibility index (Phi) is 6.18. The fraction of sp³-hybridized carbons (Fsp3) is 0.125. The predicted molar refractivity (Wildman–Crippen MR) is 128 cm³/mol. The number of thioether (sulfide) groups is 1. The normalized spacial score (nSPS) is 15.8. The van der Waals surface area contributed by atoms with Crippen LogP contribution in [0.5, 0.6) is 0 Å². The van der Waals surface area contributed by atoms with Crippen LogP contribution in [0.3, 0.4) is 0 Å². The lowest BCUT2D eigenvalue weighted by atomic mass is 9.96. The van der Waals surface area contributed by atoms with Crippen molar-refractivity contribution in [2.75, 3.05) is 4.90 Å². The summed E-state index contributed by atoms with van der Waals surface area (Å²) in [4.78, 5) is 31.8. The average Bonchev–Trinajstić information content (AvgIpc) is 3.57. The first-order valence-electron chi connectivity index (χ1n) is 10.4. The zero-order chi connectivity index (χ0) is 24.5. The molecule has 0 fully saturated rings. The minimum atomic E-state index is -0.961. The van der Waals surface area contributed by atoms with Crippen molar-refractivity contribution in [3.8, 4) is 0 Å². The third-order valence-corrected chi connectivity index (χ3v) is 7.42. The second-order valence-corrected chi connectivity index (χ2v) is 9.81. The van der Waals surface area contributed by atoms with E-state index in [1.807, 2.05) is 0 Å². The molecule has 0 unspecified atom stereocenters. The van der Waals surface area contributed by atoms with Gasteiger partial charge in [0.2, 0.25) is 10.9 Å². The first kappa shape index (κ1) is 22.9. The second-order valence-electron chi connectivity index (χ2n) is 7.63. The summed E-state index contributed by atoms with van der Waals surface area (Å²) in [5, 5.41) is 19.3. The number of halogens is 1. The third kappa shape index (κ3) is 4.47. The maximum Gasteiger partial charge on any atom is 0.296 e. The molecule has 0 radical (unpaired) electrons. The number of furan rings is 1. The highest BCUT2D eigenvalue weighted by molar-refractivity contribution is 8.00. The van der Waals surface area contributed by atoms with E-state index in [2.05, 4.69) is 15.2 Å². The molecule has 1 atom stereocenters. The summed E-state index contributed by atoms with van der Waals surface area (Å²) in [6, 6.07) is 11.7. The largest absolute Gasteiger partial charge is 0.503 e. The standard InChI is InChI=1S/C24H17FN4O4S2/c1-13-4-9-17(33-13)20(30)18-19(15-3-2-10-26-11-15)29(22(32)21(18)31)23-27-28-24(35-23)34-12-14-5-7-16(25)8-6-14/h2-11,19,31H,12H2,1H3/t19-/m0/s1. The van der Waals surface area contributed by atoms with Gasteiger partial charge in [-0.15, -0.1) is 10.2 Å². The molecule has 0 saturated carbocycles. The van der Waals surface area contributed by atoms with Crippen LogP contribution in [0.25, 0.3) is 0 Å². The van der Waals surface area contributed by atoms with Crippen LogP contribution < -0.4 is 4.90 Å². The highest BCUT2D eigenvalue weighted by Crippen LogP contribution is 2.43. The van der Waals surface area contributed by atoms with Crippen LogP contribution >= 0.6 is 23.1 Å². The van der Waals surface area contributed by atoms with Gasteiger partial charge >= 0.3 is 0 Å². The van der Waals surface area contributed by atoms with Gasteiger partial charge in [0, 0.05) is 18.1 Å². The zero-order valence-electron chi connectivity index (χ0n) is 18.2. The van der Waals surface area contributed by atoms with Crippen molar-refractivity contribution >= 4 is 39.9 Å². The number of ketones is 1. The molecule has 1 aromatic carbocycles. The number of aryl methyl sites for hydroxylation is 1. The van der Waals surface area contributed by atoms with E-state index in [1.165, 1.54) is 41.1 Å². The van der Waals surface area contributed by atoms with E-state index in [0.29, 0.717) is 21.4 Å². The van der Waals surface area contributed by atoms with Crippen molar-refractivity contribution < 1.29 is 23.5 Å². The number of carbonyl (C=O) groups is 2. The third-order valence-electron chi connectivity index (χ3n) is 5.29. The predicted octanol–water partition coefficient (Wildman–Crippen LogP) is 5.05. The number of aliphatic hydroxyl groups excluding tert-OH is 1. The quantitative estimate of drug-likeness (QED) is 0.210. The molecule has 1 aliphatic rings. The lowest BCUT2D eigenvalue weighted by molar-refractivity contribution is -0.117. The molecule has 0 saturated heterocycles. The Morgan fingerprint density at radius 1 is 1.20 bits per heavy atom. The van der Waals surface area contributed by atoms with Gasteiger partial charge in [0.15, 0.2) is 15.9 Å². The van der Waals surface area contributed by atoms with Gasteiger partial charge in [-0.1, -0.05) is 41.3 Å². The van der Waals surface area contributed by atoms with Crippen LogP contribution in [0.15, 0.2) is 81.0 Å². The molecular weight excluding hydrogens is 491 g/mol. The topological polar surface area (TPSA) is 109 Å². The molecule has 1 amide bonds. The highest BCUT2D eigenvalue weighted by Gasteiger charge is 2.46. The molecule has 4 heterocycles. The van der Waals surface area contributed by atoms with Crippen molar-refractivity contribution in [1.82, 2.24) is 15.2 Å². The number of anilines is 1. The van der Waals surface area contributed by atoms with E-state index in [9.17, 15) is 19.1 Å². The number of rotatable bonds is 7. The second kappa shape index (κ2) is 9.43. The fourth-order valence-corrected chi connectivity index (χ4v) is 5.48. The number of Topliss-reactive ketones (excluding diaryl/α,β-unsaturated/α-hetero) is 1. The minimum absolute atomic E-state index is 0.0143. The van der Waals surface area contributed by atoms with Gasteiger partial charge in [-0.05, 0) is 48.4 Å². The van der Waals surface area contributed by atoms with E-state index in [0.717, 1.165) is 16.9 Å². The summed E-state index contributed by atoms with van der Waals surface area (Å²) in [5.41, 5.74) is 1.31. The number of amides is 1. The Hall–Kier alpha value is -3.83. The van der Waals surface area contributed by atoms with Crippen molar-refractivity contribution in [2.45, 2.75) is 23.1 Å². The molecule has 11 heteroatoms. The van der Waals surface area contributed by atoms with E-state index in [1.54, 1.807) is 43.5 Å². The smallest absolute Gasteiger partial charge is 0.296 e. The molecule has 0 spiro atoms. The molecule has 35 heavy (non-hydrogen) atoms. The average molecular weight is 509 g/mol. The molecule has 3 aromatic heterocycles. The number of aromatic nitrogens is 3. The lowest BCUT2D eigenvalue weighted by Crippen LogP contribution is -2.31. The number of nitrogens with zero attached hydrogens (tertiary/aromatic N) is 4. The Balaban J connectivity index is 1.47. The van der Waals surface area contributed by atoms with E-state index < -0.39 is 23.5 Å². The summed E-state index contributed by atoms with van der Waals surface area (Å²) in [5.74, 6) is -1.28. The van der Waals surface area contributed by atoms with Crippen molar-refractivity contribution in [3.05, 3.63) is 101 Å². The number of hydrogen-bond acceptors (Lipinski definition) is 9. The summed E-state index contributed by atoms with van der Waals surface area (Å²) >= 11 is 2.53.